The van der Waals surface area contributed by atoms with Crippen LogP contribution in [0.2, 0.25) is 0 Å². The number of halogens is 5. The number of aryl methyl sites for hydroxylation is 1. The van der Waals surface area contributed by atoms with E-state index in [0.29, 0.717) is 0 Å². The van der Waals surface area contributed by atoms with Crippen molar-refractivity contribution in [3.05, 3.63) is 34.4 Å². The number of pyridine rings is 1. The summed E-state index contributed by atoms with van der Waals surface area (Å²) in [5.74, 6) is -0.504. The van der Waals surface area contributed by atoms with Gasteiger partial charge < -0.3 is 17.3 Å². The molecule has 0 radical (unpaired) electrons. The van der Waals surface area contributed by atoms with E-state index in [1.807, 2.05) is 0 Å². The first-order valence-electron chi connectivity index (χ1n) is 3.78. The van der Waals surface area contributed by atoms with E-state index < -0.39 is 18.1 Å². The molecule has 0 saturated heterocycles. The smallest absolute Gasteiger partial charge is 0.418 e. The maximum absolute atomic E-state index is 12.5. The van der Waals surface area contributed by atoms with Crippen molar-refractivity contribution < 1.29 is 31.1 Å². The van der Waals surface area contributed by atoms with Gasteiger partial charge in [0.2, 0.25) is 6.20 Å². The highest BCUT2D eigenvalue weighted by Crippen LogP contribution is 2.06. The van der Waals surface area contributed by atoms with Crippen LogP contribution < -0.4 is 4.57 Å². The molecule has 1 aromatic heterocycles. The number of nitro groups is 1. The molecule has 1 aromatic rings. The van der Waals surface area contributed by atoms with Crippen LogP contribution in [0, 0.1) is 16.1 Å². The van der Waals surface area contributed by atoms with Crippen LogP contribution in [0.15, 0.2) is 18.3 Å². The van der Waals surface area contributed by atoms with Gasteiger partial charge in [-0.05, 0) is 0 Å². The number of hydrogen-bond donors (Lipinski definition) is 0. The summed E-state index contributed by atoms with van der Waals surface area (Å²) >= 11 is 0. The van der Waals surface area contributed by atoms with Crippen molar-refractivity contribution in [3.63, 3.8) is 0 Å². The highest BCUT2D eigenvalue weighted by atomic mass is 19.5. The summed E-state index contributed by atoms with van der Waals surface area (Å²) in [6, 6.07) is 2.17. The fourth-order valence-corrected chi connectivity index (χ4v) is 0.683. The zero-order chi connectivity index (χ0) is 12.9. The lowest BCUT2D eigenvalue weighted by Crippen LogP contribution is -2.32. The van der Waals surface area contributed by atoms with Crippen molar-refractivity contribution in [1.29, 1.82) is 0 Å². The molecule has 0 fully saturated rings. The molecular formula is C6H6BF5N2O2. The van der Waals surface area contributed by atoms with Gasteiger partial charge in [0.1, 0.15) is 7.05 Å². The van der Waals surface area contributed by atoms with Gasteiger partial charge in [0.25, 0.3) is 0 Å². The monoisotopic (exact) mass is 244 g/mol. The SMILES string of the molecule is C[n+]1cc([N+](=O)[O-])ccc1F.F[B-](F)(F)F. The summed E-state index contributed by atoms with van der Waals surface area (Å²) in [4.78, 5) is 9.56. The molecule has 4 nitrogen and oxygen atoms in total. The van der Waals surface area contributed by atoms with Crippen molar-refractivity contribution in [3.8, 4) is 0 Å². The Balaban J connectivity index is 0.000000385. The lowest BCUT2D eigenvalue weighted by molar-refractivity contribution is -0.702. The molecule has 0 amide bonds. The first kappa shape index (κ1) is 14.3. The Morgan fingerprint density at radius 1 is 1.31 bits per heavy atom. The molecule has 1 heterocycles. The van der Waals surface area contributed by atoms with Gasteiger partial charge in [0, 0.05) is 12.1 Å². The van der Waals surface area contributed by atoms with E-state index in [0.717, 1.165) is 22.9 Å². The Bertz CT molecular complexity index is 378. The number of rotatable bonds is 1. The molecule has 0 aliphatic carbocycles. The topological polar surface area (TPSA) is 47.0 Å². The van der Waals surface area contributed by atoms with E-state index in [-0.39, 0.29) is 5.69 Å². The van der Waals surface area contributed by atoms with Crippen LogP contribution in [0.1, 0.15) is 0 Å². The van der Waals surface area contributed by atoms with Crippen molar-refractivity contribution in [2.75, 3.05) is 0 Å². The zero-order valence-electron chi connectivity index (χ0n) is 7.91. The quantitative estimate of drug-likeness (QED) is 0.189. The first-order chi connectivity index (χ1) is 7.11. The zero-order valence-corrected chi connectivity index (χ0v) is 7.91. The predicted octanol–water partition coefficient (Wildman–Crippen LogP) is 1.86. The normalized spacial score (nSPS) is 10.4. The summed E-state index contributed by atoms with van der Waals surface area (Å²) in [5, 5.41) is 10.1. The third-order valence-electron chi connectivity index (χ3n) is 1.27. The van der Waals surface area contributed by atoms with E-state index in [1.165, 1.54) is 7.05 Å². The van der Waals surface area contributed by atoms with Crippen LogP contribution in [0.5, 0.6) is 0 Å². The molecule has 90 valence electrons. The number of nitrogens with zero attached hydrogens (tertiary/aromatic N) is 2. The van der Waals surface area contributed by atoms with Gasteiger partial charge in [0.05, 0.1) is 4.92 Å². The van der Waals surface area contributed by atoms with Crippen molar-refractivity contribution in [1.82, 2.24) is 0 Å². The summed E-state index contributed by atoms with van der Waals surface area (Å²) in [7, 11) is -4.59. The summed E-state index contributed by atoms with van der Waals surface area (Å²) < 4.78 is 52.6. The maximum Gasteiger partial charge on any atom is 0.673 e. The van der Waals surface area contributed by atoms with Crippen LogP contribution in [0.4, 0.5) is 27.3 Å². The lowest BCUT2D eigenvalue weighted by Gasteiger charge is -1.94. The summed E-state index contributed by atoms with van der Waals surface area (Å²) in [6.07, 6.45) is 1.12. The highest BCUT2D eigenvalue weighted by Gasteiger charge is 2.20. The number of aromatic nitrogens is 1. The molecule has 0 aromatic carbocycles. The van der Waals surface area contributed by atoms with Crippen LogP contribution in [-0.4, -0.2) is 12.2 Å². The largest absolute Gasteiger partial charge is 0.673 e. The van der Waals surface area contributed by atoms with Crippen molar-refractivity contribution in [2.45, 2.75) is 0 Å². The maximum atomic E-state index is 12.5. The molecule has 0 atom stereocenters. The van der Waals surface area contributed by atoms with E-state index in [2.05, 4.69) is 0 Å². The molecule has 0 spiro atoms. The van der Waals surface area contributed by atoms with Crippen LogP contribution in [0.25, 0.3) is 0 Å². The van der Waals surface area contributed by atoms with Crippen LogP contribution in [-0.2, 0) is 7.05 Å². The third kappa shape index (κ3) is 6.68. The van der Waals surface area contributed by atoms with Gasteiger partial charge in [-0.25, -0.2) is 0 Å². The second-order valence-corrected chi connectivity index (χ2v) is 2.57. The minimum Gasteiger partial charge on any atom is -0.418 e. The number of hydrogen-bond acceptors (Lipinski definition) is 2. The molecule has 0 saturated carbocycles. The average Bonchev–Trinajstić information content (AvgIpc) is 2.06. The molecule has 10 heteroatoms. The molecule has 0 aliphatic heterocycles. The van der Waals surface area contributed by atoms with E-state index in [4.69, 9.17) is 0 Å². The van der Waals surface area contributed by atoms with Gasteiger partial charge in [-0.1, -0.05) is 0 Å². The molecule has 0 aliphatic rings. The Morgan fingerprint density at radius 3 is 2.06 bits per heavy atom. The summed E-state index contributed by atoms with van der Waals surface area (Å²) in [5.41, 5.74) is -0.117. The fraction of sp³-hybridized carbons (Fsp3) is 0.167. The molecule has 0 bridgehead atoms. The van der Waals surface area contributed by atoms with E-state index >= 15 is 0 Å². The van der Waals surface area contributed by atoms with E-state index in [1.54, 1.807) is 0 Å². The first-order valence-corrected chi connectivity index (χ1v) is 3.78. The van der Waals surface area contributed by atoms with Gasteiger partial charge >= 0.3 is 18.9 Å². The van der Waals surface area contributed by atoms with Gasteiger partial charge in [-0.3, -0.25) is 10.1 Å². The fourth-order valence-electron chi connectivity index (χ4n) is 0.683. The summed E-state index contributed by atoms with van der Waals surface area (Å²) in [6.45, 7) is 0. The Kier molecular flexibility index (Phi) is 4.79. The molecule has 1 rings (SSSR count). The minimum atomic E-state index is -6.00. The van der Waals surface area contributed by atoms with Crippen molar-refractivity contribution in [2.24, 2.45) is 7.05 Å². The lowest BCUT2D eigenvalue weighted by atomic mass is 10.3. The van der Waals surface area contributed by atoms with E-state index in [9.17, 15) is 31.8 Å². The minimum absolute atomic E-state index is 0.117. The Labute approximate surface area is 86.6 Å². The third-order valence-corrected chi connectivity index (χ3v) is 1.27. The van der Waals surface area contributed by atoms with Crippen molar-refractivity contribution >= 4 is 12.9 Å². The van der Waals surface area contributed by atoms with Gasteiger partial charge in [-0.2, -0.15) is 4.57 Å². The van der Waals surface area contributed by atoms with Gasteiger partial charge in [0.15, 0.2) is 0 Å². The van der Waals surface area contributed by atoms with Gasteiger partial charge in [-0.15, -0.1) is 4.39 Å². The molecule has 16 heavy (non-hydrogen) atoms. The Morgan fingerprint density at radius 2 is 1.75 bits per heavy atom. The average molecular weight is 244 g/mol. The second-order valence-electron chi connectivity index (χ2n) is 2.57. The molecule has 0 unspecified atom stereocenters. The molecule has 0 N–H and O–H groups in total. The standard InChI is InChI=1S/C6H6FN2O2.BF4/c1-8-4-5(9(10)11)2-3-6(8)7;2-1(3,4)5/h2-4H,1H3;/q+1;-1. The second kappa shape index (κ2) is 5.38. The Hall–Kier alpha value is -1.74. The highest BCUT2D eigenvalue weighted by molar-refractivity contribution is 6.50. The van der Waals surface area contributed by atoms with Crippen LogP contribution in [0.3, 0.4) is 0 Å². The molecular weight excluding hydrogens is 238 g/mol. The van der Waals surface area contributed by atoms with Crippen LogP contribution >= 0.6 is 0 Å². The predicted molar refractivity (Wildman–Crippen MR) is 44.4 cm³/mol.